The maximum atomic E-state index is 10.6. The summed E-state index contributed by atoms with van der Waals surface area (Å²) in [6, 6.07) is 1.78. The molecule has 1 aliphatic rings. The molecule has 100 valence electrons. The molecule has 0 saturated carbocycles. The Hall–Kier alpha value is -1.46. The van der Waals surface area contributed by atoms with Crippen molar-refractivity contribution in [1.82, 2.24) is 0 Å². The van der Waals surface area contributed by atoms with Gasteiger partial charge >= 0.3 is 0 Å². The van der Waals surface area contributed by atoms with Gasteiger partial charge in [-0.15, -0.1) is 0 Å². The van der Waals surface area contributed by atoms with Crippen LogP contribution in [0.15, 0.2) is 6.07 Å². The van der Waals surface area contributed by atoms with Gasteiger partial charge in [-0.25, -0.2) is 0 Å². The summed E-state index contributed by atoms with van der Waals surface area (Å²) in [6.45, 7) is 0.146. The molecule has 0 spiro atoms. The first-order chi connectivity index (χ1) is 8.61. The third-order valence-corrected chi connectivity index (χ3v) is 3.55. The Kier molecular flexibility index (Phi) is 3.36. The summed E-state index contributed by atoms with van der Waals surface area (Å²) in [5.41, 5.74) is 6.28. The number of benzene rings is 1. The summed E-state index contributed by atoms with van der Waals surface area (Å²) in [6.07, 6.45) is 1.28. The molecule has 18 heavy (non-hydrogen) atoms. The SMILES string of the molecule is COc1cc(OC)c(OC)c2c1CCC2(O)CN. The van der Waals surface area contributed by atoms with Crippen LogP contribution in [0.3, 0.4) is 0 Å². The molecule has 0 saturated heterocycles. The quantitative estimate of drug-likeness (QED) is 0.830. The average molecular weight is 253 g/mol. The van der Waals surface area contributed by atoms with Crippen LogP contribution in [0.25, 0.3) is 0 Å². The van der Waals surface area contributed by atoms with Crippen LogP contribution in [0.4, 0.5) is 0 Å². The van der Waals surface area contributed by atoms with Crippen molar-refractivity contribution in [3.63, 3.8) is 0 Å². The molecule has 1 unspecified atom stereocenters. The Balaban J connectivity index is 2.72. The Morgan fingerprint density at radius 1 is 1.22 bits per heavy atom. The smallest absolute Gasteiger partial charge is 0.167 e. The summed E-state index contributed by atoms with van der Waals surface area (Å²) < 4.78 is 16.0. The van der Waals surface area contributed by atoms with E-state index in [-0.39, 0.29) is 6.54 Å². The van der Waals surface area contributed by atoms with Gasteiger partial charge in [0.15, 0.2) is 11.5 Å². The van der Waals surface area contributed by atoms with Gasteiger partial charge in [0, 0.05) is 23.7 Å². The minimum Gasteiger partial charge on any atom is -0.496 e. The molecule has 1 aromatic carbocycles. The Labute approximate surface area is 106 Å². The molecule has 0 aliphatic heterocycles. The molecule has 1 aliphatic carbocycles. The fraction of sp³-hybridized carbons (Fsp3) is 0.538. The van der Waals surface area contributed by atoms with Gasteiger partial charge < -0.3 is 25.1 Å². The molecule has 5 nitrogen and oxygen atoms in total. The van der Waals surface area contributed by atoms with E-state index >= 15 is 0 Å². The summed E-state index contributed by atoms with van der Waals surface area (Å²) in [4.78, 5) is 0. The third-order valence-electron chi connectivity index (χ3n) is 3.55. The Morgan fingerprint density at radius 3 is 2.39 bits per heavy atom. The van der Waals surface area contributed by atoms with E-state index < -0.39 is 5.60 Å². The fourth-order valence-corrected chi connectivity index (χ4v) is 2.59. The molecule has 0 fully saturated rings. The van der Waals surface area contributed by atoms with Crippen molar-refractivity contribution in [2.45, 2.75) is 18.4 Å². The van der Waals surface area contributed by atoms with Gasteiger partial charge in [0.2, 0.25) is 0 Å². The van der Waals surface area contributed by atoms with Crippen LogP contribution in [-0.2, 0) is 12.0 Å². The number of ether oxygens (including phenoxy) is 3. The Morgan fingerprint density at radius 2 is 1.89 bits per heavy atom. The number of fused-ring (bicyclic) bond motifs is 1. The van der Waals surface area contributed by atoms with Crippen LogP contribution in [0.1, 0.15) is 17.5 Å². The van der Waals surface area contributed by atoms with Gasteiger partial charge in [0.25, 0.3) is 0 Å². The number of hydrogen-bond donors (Lipinski definition) is 2. The van der Waals surface area contributed by atoms with E-state index in [0.717, 1.165) is 5.56 Å². The van der Waals surface area contributed by atoms with Crippen LogP contribution in [-0.4, -0.2) is 33.0 Å². The molecule has 0 heterocycles. The Bertz CT molecular complexity index is 461. The molecule has 2 rings (SSSR count). The maximum Gasteiger partial charge on any atom is 0.167 e. The van der Waals surface area contributed by atoms with Crippen LogP contribution in [0, 0.1) is 0 Å². The van der Waals surface area contributed by atoms with Crippen molar-refractivity contribution in [2.75, 3.05) is 27.9 Å². The van der Waals surface area contributed by atoms with E-state index in [1.54, 1.807) is 27.4 Å². The number of aliphatic hydroxyl groups is 1. The maximum absolute atomic E-state index is 10.6. The molecule has 0 amide bonds. The highest BCUT2D eigenvalue weighted by Crippen LogP contribution is 2.50. The van der Waals surface area contributed by atoms with Crippen molar-refractivity contribution in [1.29, 1.82) is 0 Å². The van der Waals surface area contributed by atoms with Gasteiger partial charge in [-0.1, -0.05) is 0 Å². The topological polar surface area (TPSA) is 73.9 Å². The van der Waals surface area contributed by atoms with Crippen LogP contribution in [0.2, 0.25) is 0 Å². The zero-order valence-corrected chi connectivity index (χ0v) is 10.9. The summed E-state index contributed by atoms with van der Waals surface area (Å²) in [5, 5.41) is 10.6. The fourth-order valence-electron chi connectivity index (χ4n) is 2.59. The molecular weight excluding hydrogens is 234 g/mol. The minimum atomic E-state index is -1.07. The number of hydrogen-bond acceptors (Lipinski definition) is 5. The first-order valence-corrected chi connectivity index (χ1v) is 5.86. The van der Waals surface area contributed by atoms with Crippen molar-refractivity contribution in [2.24, 2.45) is 5.73 Å². The summed E-state index contributed by atoms with van der Waals surface area (Å²) >= 11 is 0. The van der Waals surface area contributed by atoms with E-state index in [4.69, 9.17) is 19.9 Å². The molecule has 0 aromatic heterocycles. The second-order valence-electron chi connectivity index (χ2n) is 4.40. The van der Waals surface area contributed by atoms with Gasteiger partial charge in [-0.2, -0.15) is 0 Å². The second-order valence-corrected chi connectivity index (χ2v) is 4.40. The monoisotopic (exact) mass is 253 g/mol. The number of rotatable bonds is 4. The first-order valence-electron chi connectivity index (χ1n) is 5.86. The van der Waals surface area contributed by atoms with Crippen molar-refractivity contribution in [3.05, 3.63) is 17.2 Å². The lowest BCUT2D eigenvalue weighted by molar-refractivity contribution is 0.0455. The largest absolute Gasteiger partial charge is 0.496 e. The lowest BCUT2D eigenvalue weighted by atomic mass is 9.94. The summed E-state index contributed by atoms with van der Waals surface area (Å²) in [7, 11) is 4.71. The predicted octanol–water partition coefficient (Wildman–Crippen LogP) is 0.805. The molecule has 1 aromatic rings. The number of methoxy groups -OCH3 is 3. The predicted molar refractivity (Wildman–Crippen MR) is 67.4 cm³/mol. The minimum absolute atomic E-state index is 0.146. The van der Waals surface area contributed by atoms with Crippen LogP contribution in [0.5, 0.6) is 17.2 Å². The zero-order chi connectivity index (χ0) is 13.3. The van der Waals surface area contributed by atoms with Gasteiger partial charge in [-0.3, -0.25) is 0 Å². The van der Waals surface area contributed by atoms with Gasteiger partial charge in [-0.05, 0) is 12.8 Å². The van der Waals surface area contributed by atoms with E-state index in [2.05, 4.69) is 0 Å². The molecule has 3 N–H and O–H groups in total. The van der Waals surface area contributed by atoms with Crippen molar-refractivity contribution < 1.29 is 19.3 Å². The molecule has 1 atom stereocenters. The molecule has 5 heteroatoms. The van der Waals surface area contributed by atoms with E-state index in [1.807, 2.05) is 0 Å². The normalized spacial score (nSPS) is 21.6. The second kappa shape index (κ2) is 4.66. The highest BCUT2D eigenvalue weighted by atomic mass is 16.5. The van der Waals surface area contributed by atoms with Crippen molar-refractivity contribution in [3.8, 4) is 17.2 Å². The zero-order valence-electron chi connectivity index (χ0n) is 10.9. The van der Waals surface area contributed by atoms with Crippen LogP contribution < -0.4 is 19.9 Å². The lowest BCUT2D eigenvalue weighted by Gasteiger charge is -2.25. The van der Waals surface area contributed by atoms with Crippen molar-refractivity contribution >= 4 is 0 Å². The van der Waals surface area contributed by atoms with E-state index in [0.29, 0.717) is 35.7 Å². The van der Waals surface area contributed by atoms with Gasteiger partial charge in [0.1, 0.15) is 11.4 Å². The molecule has 0 bridgehead atoms. The average Bonchev–Trinajstić information content (AvgIpc) is 2.76. The standard InChI is InChI=1S/C13H19NO4/c1-16-9-6-10(17-2)12(18-3)11-8(9)4-5-13(11,15)7-14/h6,15H,4-5,7,14H2,1-3H3. The van der Waals surface area contributed by atoms with Gasteiger partial charge in [0.05, 0.1) is 21.3 Å². The number of nitrogens with two attached hydrogens (primary N) is 1. The highest BCUT2D eigenvalue weighted by Gasteiger charge is 2.41. The third kappa shape index (κ3) is 1.71. The van der Waals surface area contributed by atoms with E-state index in [1.165, 1.54) is 0 Å². The molecular formula is C13H19NO4. The first kappa shape index (κ1) is 13.0. The van der Waals surface area contributed by atoms with E-state index in [9.17, 15) is 5.11 Å². The summed E-state index contributed by atoms with van der Waals surface area (Å²) in [5.74, 6) is 1.78. The highest BCUT2D eigenvalue weighted by molar-refractivity contribution is 5.61. The lowest BCUT2D eigenvalue weighted by Crippen LogP contribution is -2.32. The molecule has 0 radical (unpaired) electrons. The van der Waals surface area contributed by atoms with Crippen LogP contribution >= 0.6 is 0 Å².